The Morgan fingerprint density at radius 1 is 0.812 bits per heavy atom. The highest BCUT2D eigenvalue weighted by Gasteiger charge is 2.12. The molecule has 0 atom stereocenters. The van der Waals surface area contributed by atoms with Crippen LogP contribution in [0.3, 0.4) is 0 Å². The van der Waals surface area contributed by atoms with Gasteiger partial charge in [0.2, 0.25) is 10.2 Å². The van der Waals surface area contributed by atoms with E-state index >= 15 is 0 Å². The van der Waals surface area contributed by atoms with Crippen molar-refractivity contribution in [2.45, 2.75) is 26.7 Å². The van der Waals surface area contributed by atoms with Gasteiger partial charge in [0.1, 0.15) is 24.1 Å². The van der Waals surface area contributed by atoms with Crippen LogP contribution in [-0.4, -0.2) is 22.2 Å². The Morgan fingerprint density at radius 3 is 1.38 bits per heavy atom. The molecule has 90 valence electrons. The monoisotopic (exact) mass is 266 g/mol. The summed E-state index contributed by atoms with van der Waals surface area (Å²) in [5.41, 5.74) is 0. The molecule has 0 saturated heterocycles. The molecular weight excluding hydrogens is 256 g/mol. The summed E-state index contributed by atoms with van der Waals surface area (Å²) in [6.07, 6.45) is -0.394. The average Bonchev–Trinajstić information content (AvgIpc) is 2.20. The van der Waals surface area contributed by atoms with Gasteiger partial charge in [-0.15, -0.1) is 0 Å². The van der Waals surface area contributed by atoms with Gasteiger partial charge in [0.05, 0.1) is 12.8 Å². The molecule has 0 rings (SSSR count). The van der Waals surface area contributed by atoms with Gasteiger partial charge in [0.15, 0.2) is 0 Å². The lowest BCUT2D eigenvalue weighted by molar-refractivity contribution is -0.139. The predicted molar refractivity (Wildman–Crippen MR) is 58.0 cm³/mol. The molecule has 0 aromatic carbocycles. The lowest BCUT2D eigenvalue weighted by Gasteiger charge is -2.00. The third-order valence-electron chi connectivity index (χ3n) is 1.04. The van der Waals surface area contributed by atoms with E-state index in [0.717, 1.165) is 0 Å². The predicted octanol–water partition coefficient (Wildman–Crippen LogP) is 1.24. The maximum absolute atomic E-state index is 10.9. The molecule has 0 radical (unpaired) electrons. The maximum atomic E-state index is 10.9. The second-order valence-electron chi connectivity index (χ2n) is 2.56. The number of hydrogen-bond acceptors (Lipinski definition) is 8. The van der Waals surface area contributed by atoms with Crippen molar-refractivity contribution in [1.82, 2.24) is 0 Å². The highest BCUT2D eigenvalue weighted by molar-refractivity contribution is 8.10. The minimum atomic E-state index is -0.690. The van der Waals surface area contributed by atoms with Gasteiger partial charge >= 0.3 is 11.9 Å². The van der Waals surface area contributed by atoms with Crippen LogP contribution in [0.5, 0.6) is 0 Å². The van der Waals surface area contributed by atoms with E-state index < -0.39 is 11.9 Å². The molecule has 6 nitrogen and oxygen atoms in total. The van der Waals surface area contributed by atoms with E-state index in [1.54, 1.807) is 0 Å². The lowest BCUT2D eigenvalue weighted by Crippen LogP contribution is -2.06. The number of rotatable bonds is 3. The fourth-order valence-electron chi connectivity index (χ4n) is 0.498. The molecule has 0 N–H and O–H groups in total. The summed E-state index contributed by atoms with van der Waals surface area (Å²) >= 11 is 0.819. The first kappa shape index (κ1) is 15.0. The zero-order valence-electron chi connectivity index (χ0n) is 8.68. The van der Waals surface area contributed by atoms with Crippen molar-refractivity contribution >= 4 is 46.3 Å². The molecule has 0 spiro atoms. The van der Waals surface area contributed by atoms with Crippen molar-refractivity contribution in [3.63, 3.8) is 0 Å². The minimum Gasteiger partial charge on any atom is -0.383 e. The smallest absolute Gasteiger partial charge is 0.318 e. The Kier molecular flexibility index (Phi) is 7.65. The third-order valence-corrected chi connectivity index (χ3v) is 2.05. The minimum absolute atomic E-state index is 0.197. The zero-order chi connectivity index (χ0) is 12.6. The summed E-state index contributed by atoms with van der Waals surface area (Å²) in [5.74, 6) is -1.38. The SMILES string of the molecule is CC(=O)SOC(=O)CCC(=O)OSC(C)=O. The van der Waals surface area contributed by atoms with E-state index in [9.17, 15) is 19.2 Å². The molecule has 8 heteroatoms. The van der Waals surface area contributed by atoms with Crippen LogP contribution in [0.2, 0.25) is 0 Å². The molecule has 0 aromatic heterocycles. The van der Waals surface area contributed by atoms with Crippen LogP contribution in [0, 0.1) is 0 Å². The van der Waals surface area contributed by atoms with Crippen LogP contribution in [0.15, 0.2) is 0 Å². The van der Waals surface area contributed by atoms with E-state index in [0.29, 0.717) is 24.1 Å². The summed E-state index contributed by atoms with van der Waals surface area (Å²) < 4.78 is 8.85. The first-order valence-corrected chi connectivity index (χ1v) is 5.66. The molecule has 0 amide bonds. The van der Waals surface area contributed by atoms with Crippen LogP contribution >= 0.6 is 24.1 Å². The van der Waals surface area contributed by atoms with E-state index in [1.165, 1.54) is 13.8 Å². The molecule has 16 heavy (non-hydrogen) atoms. The Hall–Kier alpha value is -1.02. The molecular formula is C8H10O6S2. The van der Waals surface area contributed by atoms with Crippen molar-refractivity contribution in [1.29, 1.82) is 0 Å². The van der Waals surface area contributed by atoms with E-state index in [2.05, 4.69) is 8.37 Å². The summed E-state index contributed by atoms with van der Waals surface area (Å²) in [6.45, 7) is 2.49. The first-order valence-electron chi connectivity index (χ1n) is 4.17. The van der Waals surface area contributed by atoms with E-state index in [4.69, 9.17) is 0 Å². The Balaban J connectivity index is 3.63. The Labute approximate surface area is 101 Å². The number of carbonyl (C=O) groups excluding carboxylic acids is 4. The van der Waals surface area contributed by atoms with Crippen LogP contribution in [0.4, 0.5) is 0 Å². The second kappa shape index (κ2) is 8.17. The Morgan fingerprint density at radius 2 is 1.12 bits per heavy atom. The van der Waals surface area contributed by atoms with Gasteiger partial charge in [0, 0.05) is 13.8 Å². The van der Waals surface area contributed by atoms with Crippen LogP contribution in [0.1, 0.15) is 26.7 Å². The second-order valence-corrected chi connectivity index (χ2v) is 4.38. The van der Waals surface area contributed by atoms with Crippen molar-refractivity contribution < 1.29 is 27.5 Å². The number of carbonyl (C=O) groups is 4. The van der Waals surface area contributed by atoms with Gasteiger partial charge in [-0.25, -0.2) is 0 Å². The molecule has 0 fully saturated rings. The lowest BCUT2D eigenvalue weighted by atomic mass is 10.3. The van der Waals surface area contributed by atoms with Crippen molar-refractivity contribution in [3.05, 3.63) is 0 Å². The Bertz CT molecular complexity index is 271. The van der Waals surface area contributed by atoms with E-state index in [1.807, 2.05) is 0 Å². The summed E-state index contributed by atoms with van der Waals surface area (Å²) in [4.78, 5) is 42.7. The molecule has 0 aromatic rings. The van der Waals surface area contributed by atoms with Gasteiger partial charge in [-0.1, -0.05) is 0 Å². The van der Waals surface area contributed by atoms with Crippen molar-refractivity contribution in [2.24, 2.45) is 0 Å². The summed E-state index contributed by atoms with van der Waals surface area (Å²) in [6, 6.07) is 0. The molecule has 0 aliphatic rings. The highest BCUT2D eigenvalue weighted by atomic mass is 32.2. The highest BCUT2D eigenvalue weighted by Crippen LogP contribution is 2.09. The largest absolute Gasteiger partial charge is 0.383 e. The fraction of sp³-hybridized carbons (Fsp3) is 0.500. The van der Waals surface area contributed by atoms with Crippen molar-refractivity contribution in [2.75, 3.05) is 0 Å². The normalized spacial score (nSPS) is 9.38. The fourth-order valence-corrected chi connectivity index (χ4v) is 1.09. The van der Waals surface area contributed by atoms with Crippen LogP contribution in [-0.2, 0) is 27.5 Å². The van der Waals surface area contributed by atoms with Gasteiger partial charge < -0.3 is 8.37 Å². The topological polar surface area (TPSA) is 86.7 Å². The van der Waals surface area contributed by atoms with Gasteiger partial charge in [-0.2, -0.15) is 0 Å². The first-order chi connectivity index (χ1) is 7.41. The molecule has 0 aliphatic heterocycles. The van der Waals surface area contributed by atoms with Gasteiger partial charge in [-0.3, -0.25) is 19.2 Å². The number of hydrogen-bond donors (Lipinski definition) is 0. The van der Waals surface area contributed by atoms with E-state index in [-0.39, 0.29) is 23.1 Å². The van der Waals surface area contributed by atoms with Gasteiger partial charge in [0.25, 0.3) is 0 Å². The zero-order valence-corrected chi connectivity index (χ0v) is 10.3. The molecule has 0 aliphatic carbocycles. The maximum Gasteiger partial charge on any atom is 0.318 e. The standard InChI is InChI=1S/C8H10O6S2/c1-5(9)15-13-7(11)3-4-8(12)14-16-6(2)10/h3-4H2,1-2H3. The molecule has 0 unspecified atom stereocenters. The van der Waals surface area contributed by atoms with Crippen molar-refractivity contribution in [3.8, 4) is 0 Å². The van der Waals surface area contributed by atoms with Gasteiger partial charge in [-0.05, 0) is 0 Å². The third kappa shape index (κ3) is 9.53. The molecule has 0 saturated carbocycles. The summed E-state index contributed by atoms with van der Waals surface area (Å²) in [7, 11) is 0. The quantitative estimate of drug-likeness (QED) is 0.705. The average molecular weight is 266 g/mol. The summed E-state index contributed by atoms with van der Waals surface area (Å²) in [5, 5.41) is -0.717. The molecule has 0 heterocycles. The molecule has 0 bridgehead atoms. The van der Waals surface area contributed by atoms with Crippen LogP contribution < -0.4 is 0 Å². The van der Waals surface area contributed by atoms with Crippen LogP contribution in [0.25, 0.3) is 0 Å².